The topological polar surface area (TPSA) is 30.7 Å². The Kier molecular flexibility index (Phi) is 4.15. The summed E-state index contributed by atoms with van der Waals surface area (Å²) in [5, 5.41) is 9.48. The van der Waals surface area contributed by atoms with E-state index in [9.17, 15) is 0 Å². The van der Waals surface area contributed by atoms with Gasteiger partial charge in [0.2, 0.25) is 0 Å². The van der Waals surface area contributed by atoms with E-state index in [-0.39, 0.29) is 10.1 Å². The van der Waals surface area contributed by atoms with Gasteiger partial charge < -0.3 is 0 Å². The highest BCUT2D eigenvalue weighted by molar-refractivity contribution is 8.00. The summed E-state index contributed by atoms with van der Waals surface area (Å²) in [7, 11) is 0. The molecule has 0 fully saturated rings. The number of hydrogen-bond donors (Lipinski definition) is 0. The minimum Gasteiger partial charge on any atom is -0.227 e. The Labute approximate surface area is 139 Å². The van der Waals surface area contributed by atoms with Crippen LogP contribution in [0, 0.1) is 0 Å². The van der Waals surface area contributed by atoms with Crippen LogP contribution >= 0.6 is 23.4 Å². The first-order chi connectivity index (χ1) is 10.4. The van der Waals surface area contributed by atoms with Crippen LogP contribution in [0.1, 0.15) is 31.7 Å². The van der Waals surface area contributed by atoms with Crippen molar-refractivity contribution in [1.29, 1.82) is 0 Å². The molecule has 1 atom stereocenters. The molecule has 0 spiro atoms. The fourth-order valence-electron chi connectivity index (χ4n) is 2.28. The molecule has 0 aliphatic carbocycles. The summed E-state index contributed by atoms with van der Waals surface area (Å²) < 4.78 is 2.09. The molecule has 2 aromatic carbocycles. The number of aromatic nitrogens is 3. The second kappa shape index (κ2) is 5.94. The third-order valence-electron chi connectivity index (χ3n) is 3.22. The lowest BCUT2D eigenvalue weighted by molar-refractivity contribution is 0.645. The number of para-hydroxylation sites is 1. The van der Waals surface area contributed by atoms with Crippen LogP contribution in [0.15, 0.2) is 48.5 Å². The van der Waals surface area contributed by atoms with Gasteiger partial charge in [-0.15, -0.1) is 16.9 Å². The van der Waals surface area contributed by atoms with Crippen molar-refractivity contribution in [2.75, 3.05) is 0 Å². The Morgan fingerprint density at radius 2 is 1.73 bits per heavy atom. The van der Waals surface area contributed by atoms with E-state index in [4.69, 9.17) is 11.6 Å². The molecule has 0 radical (unpaired) electrons. The number of halogens is 1. The molecule has 0 aliphatic heterocycles. The minimum absolute atomic E-state index is 0.0599. The van der Waals surface area contributed by atoms with Crippen molar-refractivity contribution in [3.05, 3.63) is 59.1 Å². The molecule has 5 heteroatoms. The number of fused-ring (bicyclic) bond motifs is 1. The molecule has 0 N–H and O–H groups in total. The fourth-order valence-corrected chi connectivity index (χ4v) is 3.63. The highest BCUT2D eigenvalue weighted by Gasteiger charge is 2.24. The molecular formula is C17H18ClN3S. The Hall–Kier alpha value is -1.52. The van der Waals surface area contributed by atoms with E-state index in [0.717, 1.165) is 16.1 Å². The number of benzene rings is 2. The highest BCUT2D eigenvalue weighted by Crippen LogP contribution is 2.40. The van der Waals surface area contributed by atoms with Crippen LogP contribution in [0.25, 0.3) is 11.0 Å². The van der Waals surface area contributed by atoms with E-state index >= 15 is 0 Å². The summed E-state index contributed by atoms with van der Waals surface area (Å²) in [5.41, 5.74) is 3.12. The number of hydrogen-bond acceptors (Lipinski definition) is 3. The monoisotopic (exact) mass is 331 g/mol. The average Bonchev–Trinajstić information content (AvgIpc) is 2.89. The van der Waals surface area contributed by atoms with Crippen LogP contribution in [0.2, 0.25) is 5.02 Å². The van der Waals surface area contributed by atoms with Crippen molar-refractivity contribution >= 4 is 34.4 Å². The maximum absolute atomic E-state index is 6.03. The second-order valence-electron chi connectivity index (χ2n) is 6.16. The maximum Gasteiger partial charge on any atom is 0.125 e. The van der Waals surface area contributed by atoms with Gasteiger partial charge in [-0.05, 0) is 29.8 Å². The summed E-state index contributed by atoms with van der Waals surface area (Å²) in [6, 6.07) is 16.0. The van der Waals surface area contributed by atoms with Gasteiger partial charge in [0.1, 0.15) is 10.9 Å². The van der Waals surface area contributed by atoms with Crippen LogP contribution in [0.4, 0.5) is 0 Å². The van der Waals surface area contributed by atoms with Crippen molar-refractivity contribution < 1.29 is 0 Å². The Morgan fingerprint density at radius 3 is 2.41 bits per heavy atom. The molecule has 0 amide bonds. The van der Waals surface area contributed by atoms with Crippen LogP contribution in [0.5, 0.6) is 0 Å². The quantitative estimate of drug-likeness (QED) is 0.664. The van der Waals surface area contributed by atoms with Gasteiger partial charge in [0, 0.05) is 9.77 Å². The summed E-state index contributed by atoms with van der Waals surface area (Å²) >= 11 is 7.88. The van der Waals surface area contributed by atoms with Crippen molar-refractivity contribution in [1.82, 2.24) is 15.0 Å². The lowest BCUT2D eigenvalue weighted by Gasteiger charge is -2.26. The van der Waals surface area contributed by atoms with E-state index in [1.165, 1.54) is 5.56 Å². The van der Waals surface area contributed by atoms with Crippen LogP contribution in [-0.4, -0.2) is 19.7 Å². The molecule has 3 aromatic rings. The van der Waals surface area contributed by atoms with Gasteiger partial charge in [-0.25, -0.2) is 4.68 Å². The van der Waals surface area contributed by atoms with E-state index in [2.05, 4.69) is 49.3 Å². The zero-order chi connectivity index (χ0) is 15.7. The molecular weight excluding hydrogens is 314 g/mol. The summed E-state index contributed by atoms with van der Waals surface area (Å²) in [6.45, 7) is 6.62. The maximum atomic E-state index is 6.03. The van der Waals surface area contributed by atoms with Crippen LogP contribution in [-0.2, 0) is 0 Å². The summed E-state index contributed by atoms with van der Waals surface area (Å²) in [5.74, 6) is 0. The van der Waals surface area contributed by atoms with E-state index in [1.807, 2.05) is 46.8 Å². The van der Waals surface area contributed by atoms with Gasteiger partial charge in [-0.1, -0.05) is 61.9 Å². The lowest BCUT2D eigenvalue weighted by atomic mass is 10.2. The van der Waals surface area contributed by atoms with Crippen LogP contribution < -0.4 is 0 Å². The first kappa shape index (κ1) is 15.4. The second-order valence-corrected chi connectivity index (χ2v) is 8.50. The molecule has 1 unspecified atom stereocenters. The van der Waals surface area contributed by atoms with Gasteiger partial charge in [-0.3, -0.25) is 0 Å². The molecule has 1 aromatic heterocycles. The van der Waals surface area contributed by atoms with Crippen LogP contribution in [0.3, 0.4) is 0 Å². The predicted octanol–water partition coefficient (Wildman–Crippen LogP) is 5.16. The van der Waals surface area contributed by atoms with Crippen molar-refractivity contribution in [2.45, 2.75) is 30.9 Å². The Bertz CT molecular complexity index is 774. The zero-order valence-electron chi connectivity index (χ0n) is 12.8. The molecule has 3 nitrogen and oxygen atoms in total. The van der Waals surface area contributed by atoms with Gasteiger partial charge in [0.15, 0.2) is 0 Å². The summed E-state index contributed by atoms with van der Waals surface area (Å²) in [4.78, 5) is 0. The molecule has 0 aliphatic rings. The molecule has 1 heterocycles. The van der Waals surface area contributed by atoms with E-state index < -0.39 is 0 Å². The fraction of sp³-hybridized carbons (Fsp3) is 0.294. The smallest absolute Gasteiger partial charge is 0.125 e. The minimum atomic E-state index is 0.0599. The SMILES string of the molecule is CC(C)(C)SC(c1ccc(Cl)cc1)n1nnc2ccccc21. The molecule has 0 saturated heterocycles. The van der Waals surface area contributed by atoms with Crippen molar-refractivity contribution in [2.24, 2.45) is 0 Å². The van der Waals surface area contributed by atoms with E-state index in [0.29, 0.717) is 0 Å². The molecule has 0 saturated carbocycles. The Balaban J connectivity index is 2.10. The lowest BCUT2D eigenvalue weighted by Crippen LogP contribution is -2.17. The zero-order valence-corrected chi connectivity index (χ0v) is 14.4. The number of thioether (sulfide) groups is 1. The Morgan fingerprint density at radius 1 is 1.05 bits per heavy atom. The van der Waals surface area contributed by atoms with Gasteiger partial charge in [0.25, 0.3) is 0 Å². The molecule has 22 heavy (non-hydrogen) atoms. The number of nitrogens with zero attached hydrogens (tertiary/aromatic N) is 3. The van der Waals surface area contributed by atoms with E-state index in [1.54, 1.807) is 0 Å². The summed E-state index contributed by atoms with van der Waals surface area (Å²) in [6.07, 6.45) is 0. The molecule has 114 valence electrons. The predicted molar refractivity (Wildman–Crippen MR) is 94.5 cm³/mol. The third kappa shape index (κ3) is 3.28. The highest BCUT2D eigenvalue weighted by atomic mass is 35.5. The first-order valence-corrected chi connectivity index (χ1v) is 8.43. The van der Waals surface area contributed by atoms with Crippen molar-refractivity contribution in [3.63, 3.8) is 0 Å². The van der Waals surface area contributed by atoms with Gasteiger partial charge >= 0.3 is 0 Å². The largest absolute Gasteiger partial charge is 0.227 e. The number of rotatable bonds is 3. The first-order valence-electron chi connectivity index (χ1n) is 7.17. The van der Waals surface area contributed by atoms with Crippen molar-refractivity contribution in [3.8, 4) is 0 Å². The average molecular weight is 332 g/mol. The standard InChI is InChI=1S/C17H18ClN3S/c1-17(2,3)22-16(12-8-10-13(18)11-9-12)21-15-7-5-4-6-14(15)19-20-21/h4-11,16H,1-3H3. The van der Waals surface area contributed by atoms with Gasteiger partial charge in [0.05, 0.1) is 5.52 Å². The van der Waals surface area contributed by atoms with Gasteiger partial charge in [-0.2, -0.15) is 0 Å². The molecule has 0 bridgehead atoms. The normalized spacial score (nSPS) is 13.5. The third-order valence-corrected chi connectivity index (χ3v) is 4.87. The molecule has 3 rings (SSSR count).